The zero-order valence-electron chi connectivity index (χ0n) is 10.7. The normalized spacial score (nSPS) is 35.9. The summed E-state index contributed by atoms with van der Waals surface area (Å²) in [6.45, 7) is 6.35. The van der Waals surface area contributed by atoms with Crippen LogP contribution in [0.2, 0.25) is 0 Å². The van der Waals surface area contributed by atoms with Crippen LogP contribution in [-0.2, 0) is 9.53 Å². The fraction of sp³-hybridized carbons (Fsp3) is 0.533. The number of allylic oxidation sites excluding steroid dienone is 3. The highest BCUT2D eigenvalue weighted by Crippen LogP contribution is 2.50. The van der Waals surface area contributed by atoms with E-state index in [4.69, 9.17) is 4.74 Å². The molecule has 17 heavy (non-hydrogen) atoms. The Kier molecular flexibility index (Phi) is 2.13. The maximum atomic E-state index is 11.6. The average molecular weight is 230 g/mol. The summed E-state index contributed by atoms with van der Waals surface area (Å²) < 4.78 is 5.45. The van der Waals surface area contributed by atoms with E-state index in [1.54, 1.807) is 0 Å². The Morgan fingerprint density at radius 2 is 2.18 bits per heavy atom. The lowest BCUT2D eigenvalue weighted by atomic mass is 9.64. The monoisotopic (exact) mass is 230 g/mol. The molecule has 1 heterocycles. The van der Waals surface area contributed by atoms with E-state index in [0.29, 0.717) is 0 Å². The summed E-state index contributed by atoms with van der Waals surface area (Å²) in [4.78, 5) is 11.6. The molecule has 1 aliphatic heterocycles. The van der Waals surface area contributed by atoms with Crippen molar-refractivity contribution in [2.75, 3.05) is 0 Å². The molecule has 0 aromatic heterocycles. The van der Waals surface area contributed by atoms with Gasteiger partial charge in [0.15, 0.2) is 0 Å². The van der Waals surface area contributed by atoms with E-state index in [0.717, 1.165) is 30.4 Å². The zero-order valence-corrected chi connectivity index (χ0v) is 10.7. The van der Waals surface area contributed by atoms with Gasteiger partial charge in [0.1, 0.15) is 6.10 Å². The van der Waals surface area contributed by atoms with Crippen LogP contribution in [0, 0.1) is 5.41 Å². The van der Waals surface area contributed by atoms with Gasteiger partial charge in [0.25, 0.3) is 0 Å². The largest absolute Gasteiger partial charge is 0.454 e. The molecule has 0 spiro atoms. The van der Waals surface area contributed by atoms with E-state index in [2.05, 4.69) is 26.0 Å². The molecule has 0 aromatic carbocycles. The SMILES string of the molecule is CC1=CCC[C@]2(C)C[C@@H]3OC(=O)C(C)=C3C=C12. The van der Waals surface area contributed by atoms with Crippen molar-refractivity contribution in [2.45, 2.75) is 46.1 Å². The number of hydrogen-bond acceptors (Lipinski definition) is 2. The standard InChI is InChI=1S/C15H18O2/c1-9-5-4-6-15(3)8-13-11(7-12(9)15)10(2)14(16)17-13/h5,7,13H,4,6,8H2,1-3H3/t13-,15+/m0/s1. The van der Waals surface area contributed by atoms with Gasteiger partial charge in [-0.15, -0.1) is 0 Å². The quantitative estimate of drug-likeness (QED) is 0.597. The summed E-state index contributed by atoms with van der Waals surface area (Å²) >= 11 is 0. The molecule has 0 N–H and O–H groups in total. The van der Waals surface area contributed by atoms with Crippen LogP contribution in [0.5, 0.6) is 0 Å². The van der Waals surface area contributed by atoms with Crippen molar-refractivity contribution in [2.24, 2.45) is 5.41 Å². The number of esters is 1. The molecule has 0 amide bonds. The lowest BCUT2D eigenvalue weighted by Crippen LogP contribution is -2.33. The van der Waals surface area contributed by atoms with Gasteiger partial charge in [0, 0.05) is 11.1 Å². The fourth-order valence-electron chi connectivity index (χ4n) is 3.39. The first-order chi connectivity index (χ1) is 8.01. The van der Waals surface area contributed by atoms with Crippen LogP contribution in [-0.4, -0.2) is 12.1 Å². The smallest absolute Gasteiger partial charge is 0.334 e. The van der Waals surface area contributed by atoms with Crippen molar-refractivity contribution in [1.82, 2.24) is 0 Å². The maximum Gasteiger partial charge on any atom is 0.334 e. The van der Waals surface area contributed by atoms with Gasteiger partial charge in [0.05, 0.1) is 0 Å². The van der Waals surface area contributed by atoms with Crippen LogP contribution in [0.15, 0.2) is 34.4 Å². The molecule has 2 nitrogen and oxygen atoms in total. The number of fused-ring (bicyclic) bond motifs is 2. The number of hydrogen-bond donors (Lipinski definition) is 0. The van der Waals surface area contributed by atoms with Gasteiger partial charge in [-0.25, -0.2) is 4.79 Å². The highest BCUT2D eigenvalue weighted by Gasteiger charge is 2.43. The molecular weight excluding hydrogens is 212 g/mol. The number of ether oxygens (including phenoxy) is 1. The van der Waals surface area contributed by atoms with E-state index in [1.165, 1.54) is 11.1 Å². The van der Waals surface area contributed by atoms with Crippen molar-refractivity contribution in [3.8, 4) is 0 Å². The van der Waals surface area contributed by atoms with Crippen molar-refractivity contribution >= 4 is 5.97 Å². The Bertz CT molecular complexity index is 493. The van der Waals surface area contributed by atoms with E-state index >= 15 is 0 Å². The predicted octanol–water partition coefficient (Wildman–Crippen LogP) is 3.30. The third-order valence-electron chi connectivity index (χ3n) is 4.49. The average Bonchev–Trinajstić information content (AvgIpc) is 2.52. The molecule has 2 aliphatic carbocycles. The van der Waals surface area contributed by atoms with E-state index in [9.17, 15) is 4.79 Å². The summed E-state index contributed by atoms with van der Waals surface area (Å²) in [6.07, 6.45) is 7.76. The van der Waals surface area contributed by atoms with Crippen LogP contribution < -0.4 is 0 Å². The van der Waals surface area contributed by atoms with Gasteiger partial charge < -0.3 is 4.74 Å². The van der Waals surface area contributed by atoms with Gasteiger partial charge in [0.2, 0.25) is 0 Å². The molecule has 0 unspecified atom stereocenters. The summed E-state index contributed by atoms with van der Waals surface area (Å²) in [5, 5.41) is 0. The molecule has 0 bridgehead atoms. The Morgan fingerprint density at radius 1 is 1.41 bits per heavy atom. The molecule has 0 fully saturated rings. The van der Waals surface area contributed by atoms with Crippen molar-refractivity contribution in [3.05, 3.63) is 34.4 Å². The molecule has 90 valence electrons. The van der Waals surface area contributed by atoms with Gasteiger partial charge in [-0.2, -0.15) is 0 Å². The second kappa shape index (κ2) is 3.34. The molecule has 0 saturated heterocycles. The summed E-state index contributed by atoms with van der Waals surface area (Å²) in [5.41, 5.74) is 4.88. The number of carbonyl (C=O) groups is 1. The Balaban J connectivity index is 2.14. The van der Waals surface area contributed by atoms with Crippen LogP contribution >= 0.6 is 0 Å². The molecule has 2 atom stereocenters. The van der Waals surface area contributed by atoms with Gasteiger partial charge in [-0.1, -0.05) is 24.6 Å². The Hall–Kier alpha value is -1.31. The second-order valence-electron chi connectivity index (χ2n) is 5.72. The first-order valence-corrected chi connectivity index (χ1v) is 6.32. The van der Waals surface area contributed by atoms with Crippen LogP contribution in [0.4, 0.5) is 0 Å². The highest BCUT2D eigenvalue weighted by molar-refractivity contribution is 5.92. The van der Waals surface area contributed by atoms with Crippen molar-refractivity contribution in [1.29, 1.82) is 0 Å². The lowest BCUT2D eigenvalue weighted by molar-refractivity contribution is -0.140. The maximum absolute atomic E-state index is 11.6. The van der Waals surface area contributed by atoms with Gasteiger partial charge >= 0.3 is 5.97 Å². The van der Waals surface area contributed by atoms with E-state index < -0.39 is 0 Å². The third-order valence-corrected chi connectivity index (χ3v) is 4.49. The topological polar surface area (TPSA) is 26.3 Å². The fourth-order valence-corrected chi connectivity index (χ4v) is 3.39. The molecule has 3 rings (SSSR count). The van der Waals surface area contributed by atoms with Crippen LogP contribution in [0.25, 0.3) is 0 Å². The number of rotatable bonds is 0. The lowest BCUT2D eigenvalue weighted by Gasteiger charge is -2.41. The molecule has 0 saturated carbocycles. The van der Waals surface area contributed by atoms with E-state index in [1.807, 2.05) is 6.92 Å². The molecule has 0 aromatic rings. The molecule has 2 heteroatoms. The first kappa shape index (κ1) is 10.8. The van der Waals surface area contributed by atoms with E-state index in [-0.39, 0.29) is 17.5 Å². The zero-order chi connectivity index (χ0) is 12.2. The highest BCUT2D eigenvalue weighted by atomic mass is 16.5. The third kappa shape index (κ3) is 1.43. The minimum absolute atomic E-state index is 0.00199. The summed E-state index contributed by atoms with van der Waals surface area (Å²) in [7, 11) is 0. The second-order valence-corrected chi connectivity index (χ2v) is 5.72. The molecule has 0 radical (unpaired) electrons. The predicted molar refractivity (Wildman–Crippen MR) is 66.4 cm³/mol. The van der Waals surface area contributed by atoms with Crippen LogP contribution in [0.3, 0.4) is 0 Å². The van der Waals surface area contributed by atoms with Crippen LogP contribution in [0.1, 0.15) is 40.0 Å². The summed E-state index contributed by atoms with van der Waals surface area (Å²) in [6, 6.07) is 0. The van der Waals surface area contributed by atoms with Gasteiger partial charge in [-0.3, -0.25) is 0 Å². The van der Waals surface area contributed by atoms with Crippen molar-refractivity contribution < 1.29 is 9.53 Å². The Labute approximate surface area is 102 Å². The van der Waals surface area contributed by atoms with Crippen molar-refractivity contribution in [3.63, 3.8) is 0 Å². The minimum Gasteiger partial charge on any atom is -0.454 e. The minimum atomic E-state index is -0.134. The summed E-state index contributed by atoms with van der Waals surface area (Å²) in [5.74, 6) is -0.134. The molecular formula is C15H18O2. The number of carbonyl (C=O) groups excluding carboxylic acids is 1. The molecule has 3 aliphatic rings. The first-order valence-electron chi connectivity index (χ1n) is 6.32. The Morgan fingerprint density at radius 3 is 2.94 bits per heavy atom. The van der Waals surface area contributed by atoms with Gasteiger partial charge in [-0.05, 0) is 44.1 Å².